The van der Waals surface area contributed by atoms with E-state index in [1.807, 2.05) is 44.4 Å². The highest BCUT2D eigenvalue weighted by atomic mass is 32.2. The molecule has 1 heterocycles. The number of carbonyl (C=O) groups excluding carboxylic acids is 1. The second kappa shape index (κ2) is 7.17. The van der Waals surface area contributed by atoms with Gasteiger partial charge in [-0.3, -0.25) is 4.68 Å². The number of hydrogen-bond acceptors (Lipinski definition) is 3. The van der Waals surface area contributed by atoms with E-state index in [4.69, 9.17) is 0 Å². The highest BCUT2D eigenvalue weighted by Crippen LogP contribution is 2.21. The second-order valence-electron chi connectivity index (χ2n) is 4.73. The first-order valence-corrected chi connectivity index (χ1v) is 7.86. The number of nitrogens with zero attached hydrogens (tertiary/aromatic N) is 2. The SMILES string of the molecule is CCSc1cccc(NC(=O)NC(C)c2cnn(C)c2)c1. The molecule has 1 atom stereocenters. The molecule has 1 aromatic heterocycles. The number of hydrogen-bond donors (Lipinski definition) is 2. The van der Waals surface area contributed by atoms with E-state index in [2.05, 4.69) is 22.7 Å². The fourth-order valence-corrected chi connectivity index (χ4v) is 2.66. The number of anilines is 1. The fraction of sp³-hybridized carbons (Fsp3) is 0.333. The molecule has 0 spiro atoms. The van der Waals surface area contributed by atoms with Gasteiger partial charge in [0.1, 0.15) is 0 Å². The van der Waals surface area contributed by atoms with Gasteiger partial charge in [0, 0.05) is 29.4 Å². The van der Waals surface area contributed by atoms with Gasteiger partial charge in [-0.15, -0.1) is 11.8 Å². The summed E-state index contributed by atoms with van der Waals surface area (Å²) in [6, 6.07) is 7.53. The third kappa shape index (κ3) is 4.53. The van der Waals surface area contributed by atoms with Crippen LogP contribution in [0.3, 0.4) is 0 Å². The third-order valence-electron chi connectivity index (χ3n) is 2.98. The van der Waals surface area contributed by atoms with E-state index >= 15 is 0 Å². The minimum Gasteiger partial charge on any atom is -0.331 e. The topological polar surface area (TPSA) is 59.0 Å². The van der Waals surface area contributed by atoms with E-state index in [0.717, 1.165) is 21.9 Å². The van der Waals surface area contributed by atoms with Gasteiger partial charge in [-0.05, 0) is 30.9 Å². The zero-order valence-electron chi connectivity index (χ0n) is 12.5. The number of aryl methyl sites for hydroxylation is 1. The molecule has 0 aliphatic carbocycles. The lowest BCUT2D eigenvalue weighted by Gasteiger charge is -2.13. The molecule has 1 unspecified atom stereocenters. The normalized spacial score (nSPS) is 12.0. The Morgan fingerprint density at radius 3 is 2.95 bits per heavy atom. The van der Waals surface area contributed by atoms with Crippen LogP contribution in [0.15, 0.2) is 41.6 Å². The molecule has 2 amide bonds. The van der Waals surface area contributed by atoms with E-state index in [-0.39, 0.29) is 12.1 Å². The highest BCUT2D eigenvalue weighted by Gasteiger charge is 2.11. The van der Waals surface area contributed by atoms with Gasteiger partial charge >= 0.3 is 6.03 Å². The van der Waals surface area contributed by atoms with Crippen LogP contribution in [-0.2, 0) is 7.05 Å². The first-order chi connectivity index (χ1) is 10.1. The molecular formula is C15H20N4OS. The molecule has 1 aromatic carbocycles. The Balaban J connectivity index is 1.93. The van der Waals surface area contributed by atoms with Crippen molar-refractivity contribution in [2.45, 2.75) is 24.8 Å². The van der Waals surface area contributed by atoms with Crippen molar-refractivity contribution in [1.82, 2.24) is 15.1 Å². The van der Waals surface area contributed by atoms with Crippen molar-refractivity contribution >= 4 is 23.5 Å². The summed E-state index contributed by atoms with van der Waals surface area (Å²) in [7, 11) is 1.85. The Bertz CT molecular complexity index is 611. The zero-order chi connectivity index (χ0) is 15.2. The Kier molecular flexibility index (Phi) is 5.27. The van der Waals surface area contributed by atoms with Crippen molar-refractivity contribution in [2.75, 3.05) is 11.1 Å². The summed E-state index contributed by atoms with van der Waals surface area (Å²) in [6.07, 6.45) is 3.65. The summed E-state index contributed by atoms with van der Waals surface area (Å²) in [6.45, 7) is 4.03. The lowest BCUT2D eigenvalue weighted by molar-refractivity contribution is 0.249. The monoisotopic (exact) mass is 304 g/mol. The largest absolute Gasteiger partial charge is 0.331 e. The van der Waals surface area contributed by atoms with E-state index in [0.29, 0.717) is 0 Å². The second-order valence-corrected chi connectivity index (χ2v) is 6.07. The van der Waals surface area contributed by atoms with Gasteiger partial charge in [-0.25, -0.2) is 4.79 Å². The van der Waals surface area contributed by atoms with Gasteiger partial charge in [-0.1, -0.05) is 13.0 Å². The summed E-state index contributed by atoms with van der Waals surface area (Å²) in [4.78, 5) is 13.2. The summed E-state index contributed by atoms with van der Waals surface area (Å²) in [5.74, 6) is 1.01. The molecule has 5 nitrogen and oxygen atoms in total. The molecule has 6 heteroatoms. The molecule has 2 rings (SSSR count). The summed E-state index contributed by atoms with van der Waals surface area (Å²) in [5.41, 5.74) is 1.77. The maximum Gasteiger partial charge on any atom is 0.319 e. The molecule has 2 aromatic rings. The standard InChI is InChI=1S/C15H20N4OS/c1-4-21-14-7-5-6-13(8-14)18-15(20)17-11(2)12-9-16-19(3)10-12/h5-11H,4H2,1-3H3,(H2,17,18,20). The van der Waals surface area contributed by atoms with Crippen molar-refractivity contribution < 1.29 is 4.79 Å². The maximum absolute atomic E-state index is 12.0. The number of nitrogens with one attached hydrogen (secondary N) is 2. The number of amides is 2. The molecule has 2 N–H and O–H groups in total. The highest BCUT2D eigenvalue weighted by molar-refractivity contribution is 7.99. The first-order valence-electron chi connectivity index (χ1n) is 6.87. The third-order valence-corrected chi connectivity index (χ3v) is 3.85. The number of aromatic nitrogens is 2. The van der Waals surface area contributed by atoms with Crippen molar-refractivity contribution in [1.29, 1.82) is 0 Å². The summed E-state index contributed by atoms with van der Waals surface area (Å²) < 4.78 is 1.72. The molecule has 0 aliphatic rings. The quantitative estimate of drug-likeness (QED) is 0.832. The maximum atomic E-state index is 12.0. The minimum atomic E-state index is -0.218. The molecular weight excluding hydrogens is 284 g/mol. The van der Waals surface area contributed by atoms with Crippen LogP contribution in [0, 0.1) is 0 Å². The molecule has 0 saturated carbocycles. The smallest absolute Gasteiger partial charge is 0.319 e. The molecule has 0 radical (unpaired) electrons. The molecule has 21 heavy (non-hydrogen) atoms. The summed E-state index contributed by atoms with van der Waals surface area (Å²) >= 11 is 1.75. The molecule has 112 valence electrons. The van der Waals surface area contributed by atoms with E-state index < -0.39 is 0 Å². The van der Waals surface area contributed by atoms with Crippen molar-refractivity contribution in [3.63, 3.8) is 0 Å². The van der Waals surface area contributed by atoms with Crippen LogP contribution in [0.2, 0.25) is 0 Å². The number of carbonyl (C=O) groups is 1. The predicted molar refractivity (Wildman–Crippen MR) is 86.6 cm³/mol. The van der Waals surface area contributed by atoms with Gasteiger partial charge in [-0.2, -0.15) is 5.10 Å². The van der Waals surface area contributed by atoms with Gasteiger partial charge in [0.25, 0.3) is 0 Å². The van der Waals surface area contributed by atoms with Crippen LogP contribution >= 0.6 is 11.8 Å². The predicted octanol–water partition coefficient (Wildman–Crippen LogP) is 3.41. The molecule has 0 saturated heterocycles. The fourth-order valence-electron chi connectivity index (χ4n) is 1.94. The van der Waals surface area contributed by atoms with E-state index in [1.165, 1.54) is 0 Å². The molecule has 0 aliphatic heterocycles. The van der Waals surface area contributed by atoms with Crippen molar-refractivity contribution in [3.8, 4) is 0 Å². The average Bonchev–Trinajstić information content (AvgIpc) is 2.86. The van der Waals surface area contributed by atoms with Crippen molar-refractivity contribution in [3.05, 3.63) is 42.2 Å². The van der Waals surface area contributed by atoms with E-state index in [1.54, 1.807) is 22.6 Å². The minimum absolute atomic E-state index is 0.0908. The van der Waals surface area contributed by atoms with Crippen LogP contribution in [0.25, 0.3) is 0 Å². The van der Waals surface area contributed by atoms with Crippen LogP contribution in [0.1, 0.15) is 25.5 Å². The van der Waals surface area contributed by atoms with Gasteiger partial charge in [0.05, 0.1) is 12.2 Å². The van der Waals surface area contributed by atoms with Crippen LogP contribution in [-0.4, -0.2) is 21.6 Å². The van der Waals surface area contributed by atoms with Crippen molar-refractivity contribution in [2.24, 2.45) is 7.05 Å². The Hall–Kier alpha value is -1.95. The number of urea groups is 1. The lowest BCUT2D eigenvalue weighted by Crippen LogP contribution is -2.31. The average molecular weight is 304 g/mol. The van der Waals surface area contributed by atoms with E-state index in [9.17, 15) is 4.79 Å². The zero-order valence-corrected chi connectivity index (χ0v) is 13.3. The Morgan fingerprint density at radius 2 is 2.29 bits per heavy atom. The number of rotatable bonds is 5. The van der Waals surface area contributed by atoms with Crippen LogP contribution in [0.5, 0.6) is 0 Å². The Morgan fingerprint density at radius 1 is 1.48 bits per heavy atom. The summed E-state index contributed by atoms with van der Waals surface area (Å²) in [5, 5.41) is 9.86. The van der Waals surface area contributed by atoms with Crippen LogP contribution < -0.4 is 10.6 Å². The first kappa shape index (κ1) is 15.4. The lowest BCUT2D eigenvalue weighted by atomic mass is 10.2. The Labute approximate surface area is 129 Å². The van der Waals surface area contributed by atoms with Gasteiger partial charge in [0.2, 0.25) is 0 Å². The van der Waals surface area contributed by atoms with Gasteiger partial charge < -0.3 is 10.6 Å². The molecule has 0 bridgehead atoms. The van der Waals surface area contributed by atoms with Gasteiger partial charge in [0.15, 0.2) is 0 Å². The number of benzene rings is 1. The number of thioether (sulfide) groups is 1. The molecule has 0 fully saturated rings. The van der Waals surface area contributed by atoms with Crippen LogP contribution in [0.4, 0.5) is 10.5 Å².